The van der Waals surface area contributed by atoms with Gasteiger partial charge in [-0.2, -0.15) is 0 Å². The maximum atomic E-state index is 12.0. The summed E-state index contributed by atoms with van der Waals surface area (Å²) in [6, 6.07) is 9.66. The predicted octanol–water partition coefficient (Wildman–Crippen LogP) is 2.22. The smallest absolute Gasteiger partial charge is 0.243 e. The second-order valence-corrected chi connectivity index (χ2v) is 6.32. The zero-order valence-electron chi connectivity index (χ0n) is 14.6. The number of anilines is 1. The highest BCUT2D eigenvalue weighted by molar-refractivity contribution is 14.0. The van der Waals surface area contributed by atoms with Crippen molar-refractivity contribution < 1.29 is 9.53 Å². The van der Waals surface area contributed by atoms with Crippen molar-refractivity contribution in [3.8, 4) is 0 Å². The van der Waals surface area contributed by atoms with E-state index in [1.807, 2.05) is 30.3 Å². The van der Waals surface area contributed by atoms with Gasteiger partial charge in [0.1, 0.15) is 0 Å². The third-order valence-electron chi connectivity index (χ3n) is 4.47. The van der Waals surface area contributed by atoms with Crippen LogP contribution >= 0.6 is 24.0 Å². The van der Waals surface area contributed by atoms with Crippen LogP contribution in [-0.2, 0) is 9.53 Å². The van der Waals surface area contributed by atoms with E-state index in [2.05, 4.69) is 34.8 Å². The van der Waals surface area contributed by atoms with Gasteiger partial charge in [0, 0.05) is 31.3 Å². The lowest BCUT2D eigenvalue weighted by Crippen LogP contribution is -2.63. The van der Waals surface area contributed by atoms with Crippen LogP contribution in [-0.4, -0.2) is 44.7 Å². The second-order valence-electron chi connectivity index (χ2n) is 6.32. The summed E-state index contributed by atoms with van der Waals surface area (Å²) >= 11 is 0. The SMILES string of the molecule is CN=C(NCC(=O)Nc1ccccc1)NC1CC(OC)C1(C)C.I. The lowest BCUT2D eigenvalue weighted by Gasteiger charge is -2.51. The van der Waals surface area contributed by atoms with Crippen molar-refractivity contribution in [3.05, 3.63) is 30.3 Å². The van der Waals surface area contributed by atoms with Gasteiger partial charge in [-0.25, -0.2) is 0 Å². The lowest BCUT2D eigenvalue weighted by atomic mass is 9.64. The first-order valence-electron chi connectivity index (χ1n) is 7.82. The van der Waals surface area contributed by atoms with Gasteiger partial charge in [-0.3, -0.25) is 9.79 Å². The lowest BCUT2D eigenvalue weighted by molar-refractivity contribution is -0.115. The number of ether oxygens (including phenoxy) is 1. The van der Waals surface area contributed by atoms with Crippen LogP contribution < -0.4 is 16.0 Å². The van der Waals surface area contributed by atoms with Gasteiger partial charge < -0.3 is 20.7 Å². The van der Waals surface area contributed by atoms with E-state index in [4.69, 9.17) is 4.74 Å². The van der Waals surface area contributed by atoms with Crippen LogP contribution in [0.15, 0.2) is 35.3 Å². The molecule has 1 aliphatic rings. The van der Waals surface area contributed by atoms with Gasteiger partial charge in [0.15, 0.2) is 5.96 Å². The van der Waals surface area contributed by atoms with E-state index in [0.717, 1.165) is 12.1 Å². The van der Waals surface area contributed by atoms with Crippen LogP contribution in [0.2, 0.25) is 0 Å². The van der Waals surface area contributed by atoms with Crippen molar-refractivity contribution in [2.75, 3.05) is 26.0 Å². The van der Waals surface area contributed by atoms with Crippen molar-refractivity contribution in [2.45, 2.75) is 32.4 Å². The molecule has 134 valence electrons. The number of aliphatic imine (C=N–C) groups is 1. The quantitative estimate of drug-likeness (QED) is 0.369. The van der Waals surface area contributed by atoms with E-state index < -0.39 is 0 Å². The number of hydrogen-bond donors (Lipinski definition) is 3. The minimum absolute atomic E-state index is 0. The number of carbonyl (C=O) groups excluding carboxylic acids is 1. The number of halogens is 1. The van der Waals surface area contributed by atoms with Gasteiger partial charge in [0.2, 0.25) is 5.91 Å². The summed E-state index contributed by atoms with van der Waals surface area (Å²) in [5.41, 5.74) is 0.823. The Balaban J connectivity index is 0.00000288. The number of benzene rings is 1. The van der Waals surface area contributed by atoms with Crippen LogP contribution in [0.4, 0.5) is 5.69 Å². The van der Waals surface area contributed by atoms with Crippen LogP contribution in [0.1, 0.15) is 20.3 Å². The minimum atomic E-state index is -0.109. The number of amides is 1. The number of nitrogens with one attached hydrogen (secondary N) is 3. The molecule has 2 rings (SSSR count). The van der Waals surface area contributed by atoms with Crippen molar-refractivity contribution in [2.24, 2.45) is 10.4 Å². The highest BCUT2D eigenvalue weighted by atomic mass is 127. The molecule has 1 amide bonds. The zero-order valence-corrected chi connectivity index (χ0v) is 17.0. The number of hydrogen-bond acceptors (Lipinski definition) is 3. The van der Waals surface area contributed by atoms with E-state index in [-0.39, 0.29) is 54.0 Å². The van der Waals surface area contributed by atoms with E-state index in [0.29, 0.717) is 5.96 Å². The fourth-order valence-corrected chi connectivity index (χ4v) is 2.78. The average molecular weight is 446 g/mol. The maximum Gasteiger partial charge on any atom is 0.243 e. The van der Waals surface area contributed by atoms with Crippen LogP contribution in [0.25, 0.3) is 0 Å². The Morgan fingerprint density at radius 1 is 1.33 bits per heavy atom. The highest BCUT2D eigenvalue weighted by Crippen LogP contribution is 2.42. The van der Waals surface area contributed by atoms with Gasteiger partial charge in [-0.05, 0) is 18.6 Å². The summed E-state index contributed by atoms with van der Waals surface area (Å²) in [5.74, 6) is 0.516. The molecular formula is C17H27IN4O2. The first kappa shape index (κ1) is 20.7. The molecule has 1 aromatic rings. The molecule has 2 atom stereocenters. The minimum Gasteiger partial charge on any atom is -0.381 e. The molecule has 1 fully saturated rings. The molecule has 3 N–H and O–H groups in total. The van der Waals surface area contributed by atoms with Crippen LogP contribution in [0, 0.1) is 5.41 Å². The van der Waals surface area contributed by atoms with E-state index in [9.17, 15) is 4.79 Å². The largest absolute Gasteiger partial charge is 0.381 e. The second kappa shape index (κ2) is 9.22. The number of guanidine groups is 1. The number of methoxy groups -OCH3 is 1. The highest BCUT2D eigenvalue weighted by Gasteiger charge is 2.48. The molecule has 2 unspecified atom stereocenters. The number of nitrogens with zero attached hydrogens (tertiary/aromatic N) is 1. The molecule has 1 aliphatic carbocycles. The first-order valence-corrected chi connectivity index (χ1v) is 7.82. The Bertz CT molecular complexity index is 563. The standard InChI is InChI=1S/C17H26N4O2.HI/c1-17(2)13(10-14(17)23-4)21-16(18-3)19-11-15(22)20-12-8-6-5-7-9-12;/h5-9,13-14H,10-11H2,1-4H3,(H,20,22)(H2,18,19,21);1H. The summed E-state index contributed by atoms with van der Waals surface area (Å²) in [4.78, 5) is 16.1. The molecule has 1 saturated carbocycles. The van der Waals surface area contributed by atoms with Crippen LogP contribution in [0.5, 0.6) is 0 Å². The molecule has 6 nitrogen and oxygen atoms in total. The molecule has 0 heterocycles. The van der Waals surface area contributed by atoms with Crippen LogP contribution in [0.3, 0.4) is 0 Å². The van der Waals surface area contributed by atoms with Crippen molar-refractivity contribution in [1.82, 2.24) is 10.6 Å². The fraction of sp³-hybridized carbons (Fsp3) is 0.529. The van der Waals surface area contributed by atoms with E-state index >= 15 is 0 Å². The van der Waals surface area contributed by atoms with Gasteiger partial charge >= 0.3 is 0 Å². The first-order chi connectivity index (χ1) is 11.0. The molecule has 1 aromatic carbocycles. The topological polar surface area (TPSA) is 74.8 Å². The molecular weight excluding hydrogens is 419 g/mol. The Kier molecular flexibility index (Phi) is 7.95. The maximum absolute atomic E-state index is 12.0. The Hall–Kier alpha value is -1.35. The molecule has 0 aromatic heterocycles. The predicted molar refractivity (Wildman–Crippen MR) is 108 cm³/mol. The molecule has 7 heteroatoms. The fourth-order valence-electron chi connectivity index (χ4n) is 2.78. The van der Waals surface area contributed by atoms with E-state index in [1.54, 1.807) is 14.2 Å². The third-order valence-corrected chi connectivity index (χ3v) is 4.47. The molecule has 0 aliphatic heterocycles. The molecule has 0 saturated heterocycles. The molecule has 0 radical (unpaired) electrons. The van der Waals surface area contributed by atoms with Crippen molar-refractivity contribution >= 4 is 41.5 Å². The molecule has 0 spiro atoms. The van der Waals surface area contributed by atoms with Gasteiger partial charge in [0.25, 0.3) is 0 Å². The van der Waals surface area contributed by atoms with E-state index in [1.165, 1.54) is 0 Å². The van der Waals surface area contributed by atoms with Gasteiger partial charge in [-0.15, -0.1) is 24.0 Å². The summed E-state index contributed by atoms with van der Waals surface area (Å²) in [7, 11) is 3.44. The van der Waals surface area contributed by atoms with Crippen molar-refractivity contribution in [3.63, 3.8) is 0 Å². The Morgan fingerprint density at radius 2 is 2.00 bits per heavy atom. The summed E-state index contributed by atoms with van der Waals surface area (Å²) in [6.45, 7) is 4.49. The monoisotopic (exact) mass is 446 g/mol. The Morgan fingerprint density at radius 3 is 2.54 bits per heavy atom. The Labute approximate surface area is 160 Å². The number of para-hydroxylation sites is 1. The van der Waals surface area contributed by atoms with Crippen molar-refractivity contribution in [1.29, 1.82) is 0 Å². The average Bonchev–Trinajstić information content (AvgIpc) is 2.54. The van der Waals surface area contributed by atoms with Gasteiger partial charge in [-0.1, -0.05) is 32.0 Å². The molecule has 0 bridgehead atoms. The number of carbonyl (C=O) groups is 1. The summed E-state index contributed by atoms with van der Waals surface area (Å²) in [5, 5.41) is 9.23. The van der Waals surface area contributed by atoms with Gasteiger partial charge in [0.05, 0.1) is 12.6 Å². The zero-order chi connectivity index (χ0) is 16.9. The third kappa shape index (κ3) is 5.07. The summed E-state index contributed by atoms with van der Waals surface area (Å²) < 4.78 is 5.45. The number of rotatable bonds is 5. The summed E-state index contributed by atoms with van der Waals surface area (Å²) in [6.07, 6.45) is 1.18. The normalized spacial score (nSPS) is 21.9. The molecule has 24 heavy (non-hydrogen) atoms.